The number of Topliss-reactive ketones (excluding diaryl/α,β-unsaturated/α-hetero) is 1. The minimum atomic E-state index is -3.69. The van der Waals surface area contributed by atoms with Gasteiger partial charge in [-0.2, -0.15) is 0 Å². The molecule has 0 radical (unpaired) electrons. The van der Waals surface area contributed by atoms with Gasteiger partial charge in [-0.3, -0.25) is 4.79 Å². The highest BCUT2D eigenvalue weighted by Crippen LogP contribution is 2.39. The van der Waals surface area contributed by atoms with Gasteiger partial charge < -0.3 is 4.98 Å². The van der Waals surface area contributed by atoms with Gasteiger partial charge in [-0.15, -0.1) is 0 Å². The Hall–Kier alpha value is -2.44. The molecule has 0 fully saturated rings. The Labute approximate surface area is 171 Å². The molecule has 29 heavy (non-hydrogen) atoms. The number of aromatic amines is 1. The van der Waals surface area contributed by atoms with E-state index in [0.29, 0.717) is 18.4 Å². The maximum absolute atomic E-state index is 13.0. The summed E-state index contributed by atoms with van der Waals surface area (Å²) in [6, 6.07) is 13.0. The first-order valence-corrected chi connectivity index (χ1v) is 11.4. The number of hydrogen-bond donors (Lipinski definition) is 2. The Morgan fingerprint density at radius 2 is 1.83 bits per heavy atom. The van der Waals surface area contributed by atoms with E-state index in [-0.39, 0.29) is 22.6 Å². The van der Waals surface area contributed by atoms with Gasteiger partial charge in [-0.05, 0) is 41.5 Å². The van der Waals surface area contributed by atoms with E-state index < -0.39 is 10.0 Å². The molecule has 4 rings (SSSR count). The first-order valence-electron chi connectivity index (χ1n) is 9.94. The molecule has 152 valence electrons. The van der Waals surface area contributed by atoms with Crippen LogP contribution in [0, 0.1) is 5.41 Å². The number of rotatable bonds is 5. The molecule has 2 aromatic carbocycles. The summed E-state index contributed by atoms with van der Waals surface area (Å²) in [4.78, 5) is 16.4. The molecule has 6 heteroatoms. The van der Waals surface area contributed by atoms with Crippen LogP contribution in [-0.2, 0) is 29.4 Å². The van der Waals surface area contributed by atoms with Crippen LogP contribution in [0.1, 0.15) is 54.4 Å². The number of ketones is 1. The predicted molar refractivity (Wildman–Crippen MR) is 115 cm³/mol. The molecule has 1 aliphatic rings. The molecule has 0 spiro atoms. The number of carbonyl (C=O) groups excluding carboxylic acids is 1. The van der Waals surface area contributed by atoms with Crippen molar-refractivity contribution in [2.45, 2.75) is 51.5 Å². The molecule has 1 aromatic heterocycles. The fourth-order valence-electron chi connectivity index (χ4n) is 4.22. The smallest absolute Gasteiger partial charge is 0.241 e. The van der Waals surface area contributed by atoms with Crippen LogP contribution in [0.2, 0.25) is 0 Å². The lowest BCUT2D eigenvalue weighted by molar-refractivity contribution is 0.0913. The highest BCUT2D eigenvalue weighted by atomic mass is 32.2. The van der Waals surface area contributed by atoms with Crippen molar-refractivity contribution in [3.8, 4) is 0 Å². The molecule has 2 N–H and O–H groups in total. The normalized spacial score (nSPS) is 16.2. The fraction of sp³-hybridized carbons (Fsp3) is 0.348. The van der Waals surface area contributed by atoms with Crippen molar-refractivity contribution in [1.29, 1.82) is 0 Å². The Kier molecular flexibility index (Phi) is 4.87. The monoisotopic (exact) mass is 410 g/mol. The van der Waals surface area contributed by atoms with Crippen LogP contribution in [-0.4, -0.2) is 19.2 Å². The summed E-state index contributed by atoms with van der Waals surface area (Å²) in [5.74, 6) is 0.127. The summed E-state index contributed by atoms with van der Waals surface area (Å²) >= 11 is 0. The largest absolute Gasteiger partial charge is 0.358 e. The van der Waals surface area contributed by atoms with Crippen LogP contribution in [0.25, 0.3) is 10.9 Å². The highest BCUT2D eigenvalue weighted by Gasteiger charge is 2.34. The number of fused-ring (bicyclic) bond motifs is 3. The topological polar surface area (TPSA) is 79.0 Å². The van der Waals surface area contributed by atoms with Crippen molar-refractivity contribution >= 4 is 26.7 Å². The summed E-state index contributed by atoms with van der Waals surface area (Å²) in [6.07, 6.45) is 1.85. The Balaban J connectivity index is 1.76. The van der Waals surface area contributed by atoms with Gasteiger partial charge in [0.15, 0.2) is 5.78 Å². The minimum Gasteiger partial charge on any atom is -0.358 e. The SMILES string of the molecule is CCc1cc2c3c([nH]c2cc1S(=O)(=O)NCc1ccccc1)CC(C)(C)CC3=O. The van der Waals surface area contributed by atoms with Crippen LogP contribution in [0.15, 0.2) is 47.4 Å². The zero-order valence-corrected chi connectivity index (χ0v) is 17.8. The molecule has 0 saturated heterocycles. The van der Waals surface area contributed by atoms with Crippen molar-refractivity contribution in [3.05, 3.63) is 64.8 Å². The number of carbonyl (C=O) groups is 1. The third-order valence-corrected chi connectivity index (χ3v) is 7.09. The van der Waals surface area contributed by atoms with Crippen molar-refractivity contribution in [1.82, 2.24) is 9.71 Å². The quantitative estimate of drug-likeness (QED) is 0.656. The lowest BCUT2D eigenvalue weighted by atomic mass is 9.76. The summed E-state index contributed by atoms with van der Waals surface area (Å²) < 4.78 is 28.8. The van der Waals surface area contributed by atoms with Crippen LogP contribution < -0.4 is 4.72 Å². The first-order chi connectivity index (χ1) is 13.7. The number of nitrogens with one attached hydrogen (secondary N) is 2. The molecule has 0 unspecified atom stereocenters. The third-order valence-electron chi connectivity index (χ3n) is 5.61. The molecule has 5 nitrogen and oxygen atoms in total. The van der Waals surface area contributed by atoms with E-state index in [2.05, 4.69) is 23.6 Å². The Morgan fingerprint density at radius 3 is 2.52 bits per heavy atom. The van der Waals surface area contributed by atoms with E-state index in [1.165, 1.54) is 0 Å². The summed E-state index contributed by atoms with van der Waals surface area (Å²) in [5, 5.41) is 0.833. The number of aryl methyl sites for hydroxylation is 1. The zero-order chi connectivity index (χ0) is 20.8. The van der Waals surface area contributed by atoms with Crippen LogP contribution >= 0.6 is 0 Å². The van der Waals surface area contributed by atoms with Gasteiger partial charge in [0.2, 0.25) is 10.0 Å². The molecule has 0 aliphatic heterocycles. The van der Waals surface area contributed by atoms with Crippen LogP contribution in [0.3, 0.4) is 0 Å². The van der Waals surface area contributed by atoms with Gasteiger partial charge >= 0.3 is 0 Å². The average Bonchev–Trinajstić information content (AvgIpc) is 3.02. The average molecular weight is 411 g/mol. The van der Waals surface area contributed by atoms with Gasteiger partial charge in [-0.25, -0.2) is 13.1 Å². The zero-order valence-electron chi connectivity index (χ0n) is 17.0. The standard InChI is InChI=1S/C23H26N2O3S/c1-4-16-10-17-18(25-19-12-23(2,3)13-20(26)22(17)19)11-21(16)29(27,28)24-14-15-8-6-5-7-9-15/h5-11,24-25H,4,12-14H2,1-3H3. The Morgan fingerprint density at radius 1 is 1.10 bits per heavy atom. The molecule has 1 aliphatic carbocycles. The highest BCUT2D eigenvalue weighted by molar-refractivity contribution is 7.89. The maximum atomic E-state index is 13.0. The van der Waals surface area contributed by atoms with Crippen molar-refractivity contribution in [2.75, 3.05) is 0 Å². The van der Waals surface area contributed by atoms with E-state index >= 15 is 0 Å². The van der Waals surface area contributed by atoms with Gasteiger partial charge in [0.1, 0.15) is 0 Å². The fourth-order valence-corrected chi connectivity index (χ4v) is 5.55. The van der Waals surface area contributed by atoms with Gasteiger partial charge in [0.25, 0.3) is 0 Å². The molecule has 3 aromatic rings. The number of benzene rings is 2. The number of H-pyrrole nitrogens is 1. The lowest BCUT2D eigenvalue weighted by Gasteiger charge is -2.28. The van der Waals surface area contributed by atoms with E-state index in [1.807, 2.05) is 43.3 Å². The summed E-state index contributed by atoms with van der Waals surface area (Å²) in [7, 11) is -3.69. The van der Waals surface area contributed by atoms with Gasteiger partial charge in [0.05, 0.1) is 4.90 Å². The number of sulfonamides is 1. The van der Waals surface area contributed by atoms with Crippen molar-refractivity contribution in [3.63, 3.8) is 0 Å². The molecule has 0 atom stereocenters. The van der Waals surface area contributed by atoms with E-state index in [0.717, 1.165) is 34.2 Å². The maximum Gasteiger partial charge on any atom is 0.241 e. The van der Waals surface area contributed by atoms with E-state index in [4.69, 9.17) is 0 Å². The molecule has 0 bridgehead atoms. The molecule has 0 amide bonds. The number of hydrogen-bond acceptors (Lipinski definition) is 3. The molecule has 1 heterocycles. The number of aromatic nitrogens is 1. The van der Waals surface area contributed by atoms with E-state index in [9.17, 15) is 13.2 Å². The molecular weight excluding hydrogens is 384 g/mol. The van der Waals surface area contributed by atoms with Gasteiger partial charge in [0, 0.05) is 35.1 Å². The first kappa shape index (κ1) is 19.9. The van der Waals surface area contributed by atoms with Crippen LogP contribution in [0.4, 0.5) is 0 Å². The predicted octanol–water partition coefficient (Wildman–Crippen LogP) is 4.36. The Bertz CT molecular complexity index is 1190. The van der Waals surface area contributed by atoms with Crippen LogP contribution in [0.5, 0.6) is 0 Å². The van der Waals surface area contributed by atoms with Crippen molar-refractivity contribution < 1.29 is 13.2 Å². The second kappa shape index (κ2) is 7.11. The third kappa shape index (κ3) is 3.74. The summed E-state index contributed by atoms with van der Waals surface area (Å²) in [5.41, 5.74) is 3.88. The van der Waals surface area contributed by atoms with Gasteiger partial charge in [-0.1, -0.05) is 51.1 Å². The second-order valence-corrected chi connectivity index (χ2v) is 10.3. The van der Waals surface area contributed by atoms with E-state index in [1.54, 1.807) is 6.07 Å². The lowest BCUT2D eigenvalue weighted by Crippen LogP contribution is -2.26. The second-order valence-electron chi connectivity index (χ2n) is 8.59. The molecule has 0 saturated carbocycles. The minimum absolute atomic E-state index is 0.0926. The van der Waals surface area contributed by atoms with Crippen molar-refractivity contribution in [2.24, 2.45) is 5.41 Å². The summed E-state index contributed by atoms with van der Waals surface area (Å²) in [6.45, 7) is 6.33. The molecular formula is C23H26N2O3S.